The summed E-state index contributed by atoms with van der Waals surface area (Å²) < 4.78 is 6.62. The number of amides is 1. The lowest BCUT2D eigenvalue weighted by molar-refractivity contribution is -0.122. The van der Waals surface area contributed by atoms with E-state index in [2.05, 4.69) is 21.2 Å². The average molecular weight is 417 g/mol. The Morgan fingerprint density at radius 3 is 2.52 bits per heavy atom. The largest absolute Gasteiger partial charge is 0.479 e. The van der Waals surface area contributed by atoms with Crippen LogP contribution in [0.3, 0.4) is 0 Å². The van der Waals surface area contributed by atoms with Crippen molar-refractivity contribution in [3.8, 4) is 5.75 Å². The van der Waals surface area contributed by atoms with Crippen molar-refractivity contribution in [2.75, 3.05) is 5.32 Å². The van der Waals surface area contributed by atoms with E-state index in [4.69, 9.17) is 27.9 Å². The number of hydrogen-bond donors (Lipinski definition) is 1. The number of rotatable bonds is 4. The third-order valence-electron chi connectivity index (χ3n) is 3.55. The molecule has 0 aromatic heterocycles. The number of ether oxygens (including phenoxy) is 1. The highest BCUT2D eigenvalue weighted by molar-refractivity contribution is 9.10. The summed E-state index contributed by atoms with van der Waals surface area (Å²) in [5, 5.41) is 3.76. The maximum absolute atomic E-state index is 12.3. The molecule has 0 radical (unpaired) electrons. The maximum atomic E-state index is 12.3. The highest BCUT2D eigenvalue weighted by Gasteiger charge is 2.18. The van der Waals surface area contributed by atoms with Crippen LogP contribution in [-0.4, -0.2) is 12.0 Å². The van der Waals surface area contributed by atoms with Gasteiger partial charge in [-0.2, -0.15) is 0 Å². The molecule has 0 spiro atoms. The van der Waals surface area contributed by atoms with E-state index in [-0.39, 0.29) is 5.91 Å². The van der Waals surface area contributed by atoms with E-state index in [9.17, 15) is 4.79 Å². The van der Waals surface area contributed by atoms with Crippen LogP contribution in [0.5, 0.6) is 5.75 Å². The number of carbonyl (C=O) groups is 1. The second-order valence-corrected chi connectivity index (χ2v) is 6.87. The van der Waals surface area contributed by atoms with Crippen molar-refractivity contribution in [1.82, 2.24) is 0 Å². The monoisotopic (exact) mass is 415 g/mol. The molecule has 1 N–H and O–H groups in total. The Hall–Kier alpha value is -1.23. The van der Waals surface area contributed by atoms with Crippen LogP contribution >= 0.6 is 39.1 Å². The van der Waals surface area contributed by atoms with E-state index in [0.717, 1.165) is 21.3 Å². The lowest BCUT2D eigenvalue weighted by atomic mass is 10.1. The van der Waals surface area contributed by atoms with Crippen molar-refractivity contribution < 1.29 is 9.53 Å². The molecule has 122 valence electrons. The average Bonchev–Trinajstić information content (AvgIpc) is 2.50. The van der Waals surface area contributed by atoms with Gasteiger partial charge in [0.25, 0.3) is 5.91 Å². The first-order valence-electron chi connectivity index (χ1n) is 6.98. The minimum Gasteiger partial charge on any atom is -0.479 e. The van der Waals surface area contributed by atoms with E-state index in [0.29, 0.717) is 15.8 Å². The molecular weight excluding hydrogens is 401 g/mol. The molecule has 0 aliphatic rings. The quantitative estimate of drug-likeness (QED) is 0.685. The first-order valence-corrected chi connectivity index (χ1v) is 8.52. The van der Waals surface area contributed by atoms with Gasteiger partial charge >= 0.3 is 0 Å². The molecule has 0 saturated carbocycles. The van der Waals surface area contributed by atoms with E-state index >= 15 is 0 Å². The Bertz CT molecular complexity index is 750. The topological polar surface area (TPSA) is 38.3 Å². The van der Waals surface area contributed by atoms with Crippen LogP contribution in [0.15, 0.2) is 34.8 Å². The fraction of sp³-hybridized carbons (Fsp3) is 0.235. The van der Waals surface area contributed by atoms with Gasteiger partial charge < -0.3 is 10.1 Å². The lowest BCUT2D eigenvalue weighted by Gasteiger charge is -2.17. The summed E-state index contributed by atoms with van der Waals surface area (Å²) in [6.07, 6.45) is -0.697. The second kappa shape index (κ2) is 7.56. The van der Waals surface area contributed by atoms with Gasteiger partial charge in [0.15, 0.2) is 6.10 Å². The van der Waals surface area contributed by atoms with Crippen LogP contribution in [-0.2, 0) is 4.79 Å². The summed E-state index contributed by atoms with van der Waals surface area (Å²) in [5.74, 6) is 0.170. The van der Waals surface area contributed by atoms with Crippen LogP contribution in [0.4, 0.5) is 5.69 Å². The van der Waals surface area contributed by atoms with Gasteiger partial charge in [0.05, 0.1) is 5.02 Å². The first kappa shape index (κ1) is 18.1. The Balaban J connectivity index is 2.10. The summed E-state index contributed by atoms with van der Waals surface area (Å²) in [6, 6.07) is 8.64. The zero-order valence-corrected chi connectivity index (χ0v) is 16.0. The smallest absolute Gasteiger partial charge is 0.265 e. The maximum Gasteiger partial charge on any atom is 0.265 e. The highest BCUT2D eigenvalue weighted by Crippen LogP contribution is 2.29. The molecule has 2 aromatic rings. The third-order valence-corrected chi connectivity index (χ3v) is 4.94. The van der Waals surface area contributed by atoms with Crippen molar-refractivity contribution in [3.05, 3.63) is 56.0 Å². The summed E-state index contributed by atoms with van der Waals surface area (Å²) in [6.45, 7) is 5.61. The Kier molecular flexibility index (Phi) is 5.95. The second-order valence-electron chi connectivity index (χ2n) is 5.17. The van der Waals surface area contributed by atoms with Gasteiger partial charge in [0, 0.05) is 15.2 Å². The number of anilines is 1. The number of benzene rings is 2. The number of hydrogen-bond acceptors (Lipinski definition) is 2. The molecule has 0 saturated heterocycles. The zero-order valence-electron chi connectivity index (χ0n) is 12.9. The van der Waals surface area contributed by atoms with Crippen molar-refractivity contribution in [1.29, 1.82) is 0 Å². The molecule has 1 amide bonds. The van der Waals surface area contributed by atoms with Crippen LogP contribution < -0.4 is 10.1 Å². The number of carbonyl (C=O) groups excluding carboxylic acids is 1. The van der Waals surface area contributed by atoms with E-state index < -0.39 is 6.10 Å². The predicted molar refractivity (Wildman–Crippen MR) is 98.8 cm³/mol. The molecular formula is C17H16BrCl2NO2. The zero-order chi connectivity index (χ0) is 17.1. The molecule has 0 aliphatic heterocycles. The lowest BCUT2D eigenvalue weighted by Crippen LogP contribution is -2.30. The fourth-order valence-electron chi connectivity index (χ4n) is 1.97. The predicted octanol–water partition coefficient (Wildman–Crippen LogP) is 5.78. The third kappa shape index (κ3) is 4.40. The molecule has 0 bridgehead atoms. The molecule has 23 heavy (non-hydrogen) atoms. The van der Waals surface area contributed by atoms with Crippen LogP contribution in [0.2, 0.25) is 10.0 Å². The molecule has 2 aromatic carbocycles. The van der Waals surface area contributed by atoms with Crippen molar-refractivity contribution >= 4 is 50.7 Å². The van der Waals surface area contributed by atoms with E-state index in [1.807, 2.05) is 26.0 Å². The van der Waals surface area contributed by atoms with E-state index in [1.54, 1.807) is 25.1 Å². The highest BCUT2D eigenvalue weighted by atomic mass is 79.9. The summed E-state index contributed by atoms with van der Waals surface area (Å²) >= 11 is 15.4. The Morgan fingerprint density at radius 2 is 1.87 bits per heavy atom. The minimum atomic E-state index is -0.697. The Morgan fingerprint density at radius 1 is 1.17 bits per heavy atom. The molecule has 3 nitrogen and oxygen atoms in total. The van der Waals surface area contributed by atoms with Gasteiger partial charge in [-0.25, -0.2) is 0 Å². The number of nitrogens with one attached hydrogen (secondary N) is 1. The summed E-state index contributed by atoms with van der Waals surface area (Å²) in [7, 11) is 0. The normalized spacial score (nSPS) is 11.9. The van der Waals surface area contributed by atoms with Gasteiger partial charge in [-0.1, -0.05) is 39.1 Å². The van der Waals surface area contributed by atoms with Crippen molar-refractivity contribution in [2.45, 2.75) is 26.9 Å². The molecule has 0 heterocycles. The van der Waals surface area contributed by atoms with Gasteiger partial charge in [0.1, 0.15) is 5.75 Å². The molecule has 0 unspecified atom stereocenters. The summed E-state index contributed by atoms with van der Waals surface area (Å²) in [5.41, 5.74) is 2.84. The Labute approximate surface area is 154 Å². The minimum absolute atomic E-state index is 0.249. The summed E-state index contributed by atoms with van der Waals surface area (Å²) in [4.78, 5) is 12.3. The number of halogens is 3. The molecule has 0 aliphatic carbocycles. The van der Waals surface area contributed by atoms with Gasteiger partial charge in [0.2, 0.25) is 0 Å². The van der Waals surface area contributed by atoms with Crippen LogP contribution in [0.25, 0.3) is 0 Å². The van der Waals surface area contributed by atoms with Gasteiger partial charge in [-0.15, -0.1) is 0 Å². The van der Waals surface area contributed by atoms with Crippen molar-refractivity contribution in [3.63, 3.8) is 0 Å². The van der Waals surface area contributed by atoms with Crippen LogP contribution in [0.1, 0.15) is 18.1 Å². The van der Waals surface area contributed by atoms with Crippen LogP contribution in [0, 0.1) is 13.8 Å². The standard InChI is InChI=1S/C17H16BrCl2NO2/c1-9-10(2)15(6-5-13(9)18)21-17(22)11(3)23-16-7-4-12(19)8-14(16)20/h4-8,11H,1-3H3,(H,21,22)/t11-/m0/s1. The van der Waals surface area contributed by atoms with Gasteiger partial charge in [-0.05, 0) is 62.2 Å². The van der Waals surface area contributed by atoms with Gasteiger partial charge in [-0.3, -0.25) is 4.79 Å². The molecule has 1 atom stereocenters. The molecule has 6 heteroatoms. The fourth-order valence-corrected chi connectivity index (χ4v) is 2.85. The SMILES string of the molecule is Cc1c(Br)ccc(NC(=O)[C@H](C)Oc2ccc(Cl)cc2Cl)c1C. The molecule has 0 fully saturated rings. The van der Waals surface area contributed by atoms with Crippen molar-refractivity contribution in [2.24, 2.45) is 0 Å². The first-order chi connectivity index (χ1) is 10.8. The molecule has 2 rings (SSSR count). The van der Waals surface area contributed by atoms with E-state index in [1.165, 1.54) is 0 Å².